The highest BCUT2D eigenvalue weighted by molar-refractivity contribution is 6.19. The molecule has 2 aliphatic heterocycles. The molecule has 310 valence electrons. The number of aliphatic hydroxyl groups is 2. The van der Waals surface area contributed by atoms with E-state index in [2.05, 4.69) is 10.3 Å². The standard InChI is InChI=1S/C43H49FN2O12/c1-18-11-10-12-19(2)42(53)46-34-38(52)31-30(33-41(34)57-29-16-25(44)15-27(48)32(29)45-33)26-17-43(8,58-40(26)23(6)37(31)51)55-14-13-28(54-9)20(3)39(56-24(7)47)22(5)36(50)21(4)35(18)49/h10-16,18,20-22,28,35-36,39,48-50,52H,17H2,1-9H3,(H,46,53)/b11-10+,14-13+,19-12-/t18-,20+,21+,22+,28-,35-,36+,39+,43-/m0/s1. The summed E-state index contributed by atoms with van der Waals surface area (Å²) in [7, 11) is 1.47. The van der Waals surface area contributed by atoms with Crippen molar-refractivity contribution in [1.82, 2.24) is 4.98 Å². The molecule has 3 aromatic carbocycles. The van der Waals surface area contributed by atoms with Crippen LogP contribution in [0.2, 0.25) is 0 Å². The molecule has 0 saturated heterocycles. The Hall–Kier alpha value is -5.51. The van der Waals surface area contributed by atoms with Crippen LogP contribution in [0.25, 0.3) is 33.0 Å². The van der Waals surface area contributed by atoms with Crippen LogP contribution in [0.5, 0.6) is 17.2 Å². The number of hydrogen-bond donors (Lipinski definition) is 5. The van der Waals surface area contributed by atoms with Crippen molar-refractivity contribution in [3.05, 3.63) is 75.4 Å². The van der Waals surface area contributed by atoms with E-state index in [0.29, 0.717) is 5.56 Å². The number of ether oxygens (including phenoxy) is 4. The highest BCUT2D eigenvalue weighted by atomic mass is 19.1. The van der Waals surface area contributed by atoms with Crippen LogP contribution in [-0.4, -0.2) is 74.6 Å². The van der Waals surface area contributed by atoms with Crippen molar-refractivity contribution in [2.45, 2.75) is 92.0 Å². The molecule has 3 heterocycles. The van der Waals surface area contributed by atoms with Crippen LogP contribution in [-0.2, 0) is 30.2 Å². The molecule has 1 amide bonds. The first-order valence-electron chi connectivity index (χ1n) is 19.0. The maximum atomic E-state index is 14.5. The maximum absolute atomic E-state index is 14.5. The third-order valence-electron chi connectivity index (χ3n) is 11.4. The number of rotatable bonds is 2. The van der Waals surface area contributed by atoms with Crippen molar-refractivity contribution in [2.24, 2.45) is 23.7 Å². The molecule has 0 fully saturated rings. The van der Waals surface area contributed by atoms with Gasteiger partial charge < -0.3 is 49.1 Å². The van der Waals surface area contributed by atoms with E-state index in [1.54, 1.807) is 52.8 Å². The Labute approximate surface area is 333 Å². The predicted octanol–water partition coefficient (Wildman–Crippen LogP) is 6.20. The zero-order chi connectivity index (χ0) is 42.5. The van der Waals surface area contributed by atoms with Gasteiger partial charge in [-0.3, -0.25) is 14.4 Å². The number of halogens is 1. The van der Waals surface area contributed by atoms with Gasteiger partial charge in [-0.1, -0.05) is 45.9 Å². The van der Waals surface area contributed by atoms with Crippen LogP contribution in [0.3, 0.4) is 0 Å². The molecule has 0 radical (unpaired) electrons. The quantitative estimate of drug-likeness (QED) is 0.0663. The van der Waals surface area contributed by atoms with E-state index in [0.717, 1.165) is 12.1 Å². The van der Waals surface area contributed by atoms with Gasteiger partial charge in [0, 0.05) is 78.8 Å². The second-order valence-electron chi connectivity index (χ2n) is 15.6. The Bertz CT molecular complexity index is 2460. The van der Waals surface area contributed by atoms with E-state index >= 15 is 0 Å². The van der Waals surface area contributed by atoms with E-state index in [1.165, 1.54) is 40.2 Å². The van der Waals surface area contributed by atoms with Crippen molar-refractivity contribution >= 4 is 50.5 Å². The molecule has 15 heteroatoms. The van der Waals surface area contributed by atoms with Crippen molar-refractivity contribution in [2.75, 3.05) is 12.4 Å². The molecule has 6 rings (SSSR count). The van der Waals surface area contributed by atoms with E-state index < -0.39 is 88.5 Å². The third-order valence-corrected chi connectivity index (χ3v) is 11.4. The lowest BCUT2D eigenvalue weighted by Gasteiger charge is -2.38. The van der Waals surface area contributed by atoms with E-state index in [9.17, 15) is 39.2 Å². The molecule has 9 atom stereocenters. The minimum Gasteiger partial charge on any atom is -0.505 e. The van der Waals surface area contributed by atoms with Gasteiger partial charge in [-0.2, -0.15) is 0 Å². The number of nitrogens with zero attached hydrogens (tertiary/aromatic N) is 1. The van der Waals surface area contributed by atoms with Gasteiger partial charge in [-0.05, 0) is 19.9 Å². The fraction of sp³-hybridized carbons (Fsp3) is 0.442. The van der Waals surface area contributed by atoms with E-state index in [1.807, 2.05) is 0 Å². The number of allylic oxidation sites excluding steroid dienone is 2. The molecule has 4 bridgehead atoms. The van der Waals surface area contributed by atoms with Crippen molar-refractivity contribution in [3.8, 4) is 17.2 Å². The number of carbonyl (C=O) groups is 2. The molecule has 0 unspecified atom stereocenters. The number of fused-ring (bicyclic) bond motifs is 2. The Morgan fingerprint density at radius 2 is 1.71 bits per heavy atom. The van der Waals surface area contributed by atoms with Crippen molar-refractivity contribution in [1.29, 1.82) is 0 Å². The number of phenolic OH excluding ortho intramolecular Hbond substituents is 2. The largest absolute Gasteiger partial charge is 0.505 e. The number of carbonyl (C=O) groups excluding carboxylic acids is 2. The van der Waals surface area contributed by atoms with Crippen LogP contribution in [0, 0.1) is 36.4 Å². The second kappa shape index (κ2) is 16.0. The molecule has 1 aromatic heterocycles. The van der Waals surface area contributed by atoms with Crippen LogP contribution in [0.1, 0.15) is 59.6 Å². The SMILES string of the molecule is CO[C@H]1/C=C/O[C@]2(C)Cc3c(c(C)c(=O)c4c(O)c(c5oc6cc(F)cc(O)c6nc5c34)NC(=O)/C(C)=C\C=C\[C@H](C)[C@H](O)[C@@H](C)[C@@H](O)[C@@H](C)[C@H](OC(C)=O)[C@@H]1C)O2. The molecule has 0 spiro atoms. The lowest BCUT2D eigenvalue weighted by molar-refractivity contribution is -0.160. The van der Waals surface area contributed by atoms with E-state index in [4.69, 9.17) is 23.4 Å². The zero-order valence-corrected chi connectivity index (χ0v) is 33.7. The molecule has 58 heavy (non-hydrogen) atoms. The Morgan fingerprint density at radius 3 is 2.38 bits per heavy atom. The molecular formula is C43H49FN2O12. The normalized spacial score (nSPS) is 30.4. The first-order chi connectivity index (χ1) is 27.3. The predicted molar refractivity (Wildman–Crippen MR) is 213 cm³/mol. The number of anilines is 1. The lowest BCUT2D eigenvalue weighted by Crippen LogP contribution is -2.46. The molecular weight excluding hydrogens is 755 g/mol. The number of phenols is 2. The number of nitrogens with one attached hydrogen (secondary N) is 1. The second-order valence-corrected chi connectivity index (χ2v) is 15.6. The molecule has 0 saturated carbocycles. The number of aliphatic hydroxyl groups excluding tert-OH is 2. The van der Waals surface area contributed by atoms with Gasteiger partial charge in [-0.25, -0.2) is 9.37 Å². The molecule has 5 N–H and O–H groups in total. The first-order valence-corrected chi connectivity index (χ1v) is 19.0. The van der Waals surface area contributed by atoms with Gasteiger partial charge >= 0.3 is 5.97 Å². The summed E-state index contributed by atoms with van der Waals surface area (Å²) in [5, 5.41) is 48.0. The van der Waals surface area contributed by atoms with Crippen LogP contribution < -0.4 is 15.5 Å². The summed E-state index contributed by atoms with van der Waals surface area (Å²) in [6, 6.07) is 1.84. The molecule has 4 aromatic rings. The van der Waals surface area contributed by atoms with Gasteiger partial charge in [0.15, 0.2) is 22.3 Å². The summed E-state index contributed by atoms with van der Waals surface area (Å²) in [6.45, 7) is 12.9. The summed E-state index contributed by atoms with van der Waals surface area (Å²) in [5.74, 6) is -6.97. The van der Waals surface area contributed by atoms with Gasteiger partial charge in [0.1, 0.15) is 40.1 Å². The minimum atomic E-state index is -1.44. The number of aromatic nitrogens is 1. The summed E-state index contributed by atoms with van der Waals surface area (Å²) in [6.07, 6.45) is 3.91. The molecule has 14 nitrogen and oxygen atoms in total. The average molecular weight is 805 g/mol. The number of amides is 1. The third kappa shape index (κ3) is 7.61. The Morgan fingerprint density at radius 1 is 1.00 bits per heavy atom. The fourth-order valence-electron chi connectivity index (χ4n) is 8.02. The van der Waals surface area contributed by atoms with Gasteiger partial charge in [0.2, 0.25) is 0 Å². The van der Waals surface area contributed by atoms with Crippen LogP contribution in [0.15, 0.2) is 57.5 Å². The first kappa shape index (κ1) is 42.1. The number of methoxy groups -OCH3 is 1. The monoisotopic (exact) mass is 804 g/mol. The van der Waals surface area contributed by atoms with Crippen molar-refractivity contribution < 1.29 is 57.8 Å². The van der Waals surface area contributed by atoms with Crippen molar-refractivity contribution in [3.63, 3.8) is 0 Å². The highest BCUT2D eigenvalue weighted by Crippen LogP contribution is 2.48. The number of aromatic hydroxyl groups is 2. The Kier molecular flexibility index (Phi) is 11.6. The minimum absolute atomic E-state index is 0.00102. The summed E-state index contributed by atoms with van der Waals surface area (Å²) < 4.78 is 44.7. The highest BCUT2D eigenvalue weighted by Gasteiger charge is 2.42. The topological polar surface area (TPSA) is 207 Å². The summed E-state index contributed by atoms with van der Waals surface area (Å²) >= 11 is 0. The van der Waals surface area contributed by atoms with Gasteiger partial charge in [-0.15, -0.1) is 0 Å². The van der Waals surface area contributed by atoms with Crippen LogP contribution in [0.4, 0.5) is 10.1 Å². The zero-order valence-electron chi connectivity index (χ0n) is 33.7. The molecule has 2 aliphatic rings. The van der Waals surface area contributed by atoms with Gasteiger partial charge in [0.05, 0.1) is 36.4 Å². The Balaban J connectivity index is 1.57. The van der Waals surface area contributed by atoms with Crippen LogP contribution >= 0.6 is 0 Å². The number of benzene rings is 3. The summed E-state index contributed by atoms with van der Waals surface area (Å²) in [5.41, 5.74) is -0.886. The summed E-state index contributed by atoms with van der Waals surface area (Å²) in [4.78, 5) is 44.8. The number of esters is 1. The lowest BCUT2D eigenvalue weighted by atomic mass is 9.78. The fourth-order valence-corrected chi connectivity index (χ4v) is 8.02. The van der Waals surface area contributed by atoms with E-state index in [-0.39, 0.29) is 62.0 Å². The average Bonchev–Trinajstić information content (AvgIpc) is 3.53. The number of hydrogen-bond acceptors (Lipinski definition) is 13. The smallest absolute Gasteiger partial charge is 0.302 e. The van der Waals surface area contributed by atoms with Gasteiger partial charge in [0.25, 0.3) is 11.7 Å². The maximum Gasteiger partial charge on any atom is 0.302 e. The molecule has 0 aliphatic carbocycles.